The average Bonchev–Trinajstić information content (AvgIpc) is 2.95. The van der Waals surface area contributed by atoms with Gasteiger partial charge in [0.25, 0.3) is 0 Å². The number of hydrogen-bond donors (Lipinski definition) is 1. The largest absolute Gasteiger partial charge is 0.468 e. The zero-order chi connectivity index (χ0) is 9.84. The van der Waals surface area contributed by atoms with Crippen molar-refractivity contribution in [1.82, 2.24) is 5.32 Å². The minimum Gasteiger partial charge on any atom is -0.468 e. The van der Waals surface area contributed by atoms with E-state index in [0.717, 1.165) is 12.8 Å². The van der Waals surface area contributed by atoms with Crippen molar-refractivity contribution in [3.63, 3.8) is 0 Å². The summed E-state index contributed by atoms with van der Waals surface area (Å²) in [6.45, 7) is 1.86. The molecule has 0 spiro atoms. The van der Waals surface area contributed by atoms with Gasteiger partial charge in [-0.25, -0.2) is 0 Å². The van der Waals surface area contributed by atoms with E-state index in [4.69, 9.17) is 6.42 Å². The van der Waals surface area contributed by atoms with Crippen LogP contribution in [0.1, 0.15) is 19.8 Å². The Labute approximate surface area is 78.8 Å². The van der Waals surface area contributed by atoms with Crippen molar-refractivity contribution in [2.75, 3.05) is 7.11 Å². The smallest absolute Gasteiger partial charge is 0.323 e. The highest BCUT2D eigenvalue weighted by Gasteiger charge is 2.37. The number of hydrogen-bond acceptors (Lipinski definition) is 3. The van der Waals surface area contributed by atoms with Crippen LogP contribution in [-0.2, 0) is 9.53 Å². The predicted molar refractivity (Wildman–Crippen MR) is 50.0 cm³/mol. The molecule has 0 aromatic carbocycles. The van der Waals surface area contributed by atoms with Gasteiger partial charge in [-0.15, -0.1) is 6.42 Å². The number of ether oxygens (including phenoxy) is 1. The van der Waals surface area contributed by atoms with E-state index < -0.39 is 0 Å². The number of carbonyl (C=O) groups is 1. The van der Waals surface area contributed by atoms with E-state index >= 15 is 0 Å². The number of carbonyl (C=O) groups excluding carboxylic acids is 1. The van der Waals surface area contributed by atoms with Crippen LogP contribution in [0.15, 0.2) is 0 Å². The Morgan fingerprint density at radius 3 is 2.69 bits per heavy atom. The molecule has 0 heterocycles. The van der Waals surface area contributed by atoms with Crippen molar-refractivity contribution in [3.8, 4) is 12.3 Å². The molecule has 0 aromatic rings. The van der Waals surface area contributed by atoms with E-state index in [1.165, 1.54) is 7.11 Å². The molecule has 2 unspecified atom stereocenters. The molecule has 3 heteroatoms. The molecule has 0 radical (unpaired) electrons. The van der Waals surface area contributed by atoms with Crippen LogP contribution in [0.3, 0.4) is 0 Å². The topological polar surface area (TPSA) is 38.3 Å². The number of methoxy groups -OCH3 is 1. The first kappa shape index (κ1) is 10.1. The van der Waals surface area contributed by atoms with Gasteiger partial charge in [-0.3, -0.25) is 10.1 Å². The van der Waals surface area contributed by atoms with Gasteiger partial charge >= 0.3 is 5.97 Å². The van der Waals surface area contributed by atoms with Gasteiger partial charge in [0, 0.05) is 0 Å². The van der Waals surface area contributed by atoms with Gasteiger partial charge in [0.15, 0.2) is 0 Å². The van der Waals surface area contributed by atoms with Gasteiger partial charge in [0.2, 0.25) is 0 Å². The average molecular weight is 181 g/mol. The van der Waals surface area contributed by atoms with Crippen LogP contribution >= 0.6 is 0 Å². The van der Waals surface area contributed by atoms with E-state index in [1.54, 1.807) is 0 Å². The van der Waals surface area contributed by atoms with Gasteiger partial charge < -0.3 is 4.74 Å². The molecule has 0 bridgehead atoms. The fourth-order valence-corrected chi connectivity index (χ4v) is 1.27. The lowest BCUT2D eigenvalue weighted by Crippen LogP contribution is -2.43. The normalized spacial score (nSPS) is 20.1. The van der Waals surface area contributed by atoms with Gasteiger partial charge in [-0.1, -0.05) is 5.92 Å². The molecule has 0 aromatic heterocycles. The van der Waals surface area contributed by atoms with Crippen molar-refractivity contribution in [1.29, 1.82) is 0 Å². The maximum absolute atomic E-state index is 11.3. The molecule has 2 atom stereocenters. The van der Waals surface area contributed by atoms with Crippen LogP contribution in [-0.4, -0.2) is 25.2 Å². The highest BCUT2D eigenvalue weighted by Crippen LogP contribution is 2.33. The molecule has 1 saturated carbocycles. The molecule has 0 amide bonds. The SMILES string of the molecule is C#CC(C)NC(C(=O)OC)C1CC1. The van der Waals surface area contributed by atoms with Gasteiger partial charge in [-0.2, -0.15) is 0 Å². The molecule has 1 N–H and O–H groups in total. The molecule has 1 aliphatic rings. The lowest BCUT2D eigenvalue weighted by Gasteiger charge is -2.17. The Hall–Kier alpha value is -1.01. The fourth-order valence-electron chi connectivity index (χ4n) is 1.27. The maximum Gasteiger partial charge on any atom is 0.323 e. The fraction of sp³-hybridized carbons (Fsp3) is 0.700. The second-order valence-corrected chi connectivity index (χ2v) is 3.39. The third kappa shape index (κ3) is 2.74. The van der Waals surface area contributed by atoms with Gasteiger partial charge in [0.05, 0.1) is 13.2 Å². The number of esters is 1. The summed E-state index contributed by atoms with van der Waals surface area (Å²) in [5.74, 6) is 2.75. The lowest BCUT2D eigenvalue weighted by atomic mass is 10.1. The maximum atomic E-state index is 11.3. The Morgan fingerprint density at radius 1 is 1.69 bits per heavy atom. The molecule has 1 fully saturated rings. The summed E-state index contributed by atoms with van der Waals surface area (Å²) in [4.78, 5) is 11.3. The van der Waals surface area contributed by atoms with Gasteiger partial charge in [0.1, 0.15) is 6.04 Å². The van der Waals surface area contributed by atoms with Crippen molar-refractivity contribution in [3.05, 3.63) is 0 Å². The molecule has 0 aliphatic heterocycles. The summed E-state index contributed by atoms with van der Waals surface area (Å²) in [6.07, 6.45) is 7.39. The summed E-state index contributed by atoms with van der Waals surface area (Å²) >= 11 is 0. The van der Waals surface area contributed by atoms with Crippen molar-refractivity contribution in [2.45, 2.75) is 31.8 Å². The molecule has 1 rings (SSSR count). The molecule has 13 heavy (non-hydrogen) atoms. The first-order valence-electron chi connectivity index (χ1n) is 4.49. The predicted octanol–water partition coefficient (Wildman–Crippen LogP) is 0.549. The van der Waals surface area contributed by atoms with E-state index in [-0.39, 0.29) is 18.1 Å². The van der Waals surface area contributed by atoms with Crippen molar-refractivity contribution in [2.24, 2.45) is 5.92 Å². The van der Waals surface area contributed by atoms with E-state index in [1.807, 2.05) is 6.92 Å². The second kappa shape index (κ2) is 4.29. The summed E-state index contributed by atoms with van der Waals surface area (Å²) in [6, 6.07) is -0.291. The van der Waals surface area contributed by atoms with E-state index in [0.29, 0.717) is 5.92 Å². The number of rotatable bonds is 4. The summed E-state index contributed by atoms with van der Waals surface area (Å²) < 4.78 is 4.69. The minimum absolute atomic E-state index is 0.0790. The quantitative estimate of drug-likeness (QED) is 0.508. The Kier molecular flexibility index (Phi) is 3.32. The zero-order valence-electron chi connectivity index (χ0n) is 8.04. The first-order valence-corrected chi connectivity index (χ1v) is 4.49. The highest BCUT2D eigenvalue weighted by atomic mass is 16.5. The monoisotopic (exact) mass is 181 g/mol. The number of nitrogens with one attached hydrogen (secondary N) is 1. The molecular weight excluding hydrogens is 166 g/mol. The minimum atomic E-state index is -0.212. The van der Waals surface area contributed by atoms with E-state index in [9.17, 15) is 4.79 Å². The molecular formula is C10H15NO2. The van der Waals surface area contributed by atoms with Crippen LogP contribution in [0.4, 0.5) is 0 Å². The highest BCUT2D eigenvalue weighted by molar-refractivity contribution is 5.76. The van der Waals surface area contributed by atoms with Crippen molar-refractivity contribution >= 4 is 5.97 Å². The van der Waals surface area contributed by atoms with Crippen LogP contribution in [0.2, 0.25) is 0 Å². The third-order valence-electron chi connectivity index (χ3n) is 2.23. The van der Waals surface area contributed by atoms with Crippen molar-refractivity contribution < 1.29 is 9.53 Å². The van der Waals surface area contributed by atoms with Crippen LogP contribution in [0, 0.1) is 18.3 Å². The van der Waals surface area contributed by atoms with Gasteiger partial charge in [-0.05, 0) is 25.7 Å². The van der Waals surface area contributed by atoms with Crippen LogP contribution in [0.25, 0.3) is 0 Å². The molecule has 3 nitrogen and oxygen atoms in total. The number of terminal acetylenes is 1. The van der Waals surface area contributed by atoms with Crippen LogP contribution < -0.4 is 5.32 Å². The summed E-state index contributed by atoms with van der Waals surface area (Å²) in [5, 5.41) is 3.07. The summed E-state index contributed by atoms with van der Waals surface area (Å²) in [7, 11) is 1.40. The lowest BCUT2D eigenvalue weighted by molar-refractivity contribution is -0.143. The standard InChI is InChI=1S/C10H15NO2/c1-4-7(2)11-9(8-5-6-8)10(12)13-3/h1,7-9,11H,5-6H2,2-3H3. The zero-order valence-corrected chi connectivity index (χ0v) is 8.04. The Morgan fingerprint density at radius 2 is 2.31 bits per heavy atom. The first-order chi connectivity index (χ1) is 6.19. The van der Waals surface area contributed by atoms with E-state index in [2.05, 4.69) is 16.0 Å². The third-order valence-corrected chi connectivity index (χ3v) is 2.23. The molecule has 72 valence electrons. The molecule has 0 saturated heterocycles. The molecule has 1 aliphatic carbocycles. The Bertz CT molecular complexity index is 228. The summed E-state index contributed by atoms with van der Waals surface area (Å²) in [5.41, 5.74) is 0. The second-order valence-electron chi connectivity index (χ2n) is 3.39. The van der Waals surface area contributed by atoms with Crippen LogP contribution in [0.5, 0.6) is 0 Å². The Balaban J connectivity index is 2.48.